The molecule has 0 aliphatic heterocycles. The van der Waals surface area contributed by atoms with E-state index in [0.717, 1.165) is 48.6 Å². The Kier molecular flexibility index (Phi) is 11.2. The topological polar surface area (TPSA) is 342 Å². The van der Waals surface area contributed by atoms with Crippen LogP contribution in [0.25, 0.3) is 6.08 Å². The van der Waals surface area contributed by atoms with Gasteiger partial charge in [-0.1, -0.05) is 12.1 Å². The third-order valence-corrected chi connectivity index (χ3v) is 12.0. The van der Waals surface area contributed by atoms with Gasteiger partial charge in [0.05, 0.1) is 27.7 Å². The van der Waals surface area contributed by atoms with E-state index in [4.69, 9.17) is 0 Å². The fourth-order valence-corrected chi connectivity index (χ4v) is 8.78. The lowest BCUT2D eigenvalue weighted by molar-refractivity contribution is -0.111. The van der Waals surface area contributed by atoms with Crippen LogP contribution in [0.2, 0.25) is 0 Å². The molecule has 3 aromatic rings. The van der Waals surface area contributed by atoms with Gasteiger partial charge in [-0.15, -0.1) is 0 Å². The van der Waals surface area contributed by atoms with Gasteiger partial charge in [0.15, 0.2) is 11.5 Å². The molecular weight excluding hydrogens is 873 g/mol. The highest BCUT2D eigenvalue weighted by Gasteiger charge is 2.35. The van der Waals surface area contributed by atoms with Crippen molar-refractivity contribution in [3.63, 3.8) is 0 Å². The van der Waals surface area contributed by atoms with E-state index in [9.17, 15) is 66.3 Å². The van der Waals surface area contributed by atoms with Crippen molar-refractivity contribution < 1.29 is 66.3 Å². The minimum atomic E-state index is -5.16. The molecule has 0 aromatic heterocycles. The maximum Gasteiger partial charge on any atom is 0.345 e. The third-order valence-electron chi connectivity index (χ3n) is 8.48. The number of aryl methyl sites for hydroxylation is 2. The van der Waals surface area contributed by atoms with Crippen molar-refractivity contribution in [2.24, 2.45) is 10.1 Å². The van der Waals surface area contributed by atoms with Crippen LogP contribution in [0.4, 0.5) is 21.9 Å². The maximum absolute atomic E-state index is 13.4. The highest BCUT2D eigenvalue weighted by Crippen LogP contribution is 2.34. The summed E-state index contributed by atoms with van der Waals surface area (Å²) >= 11 is 0. The lowest BCUT2D eigenvalue weighted by Gasteiger charge is -2.23. The molecule has 25 heteroatoms. The molecule has 0 atom stereocenters. The summed E-state index contributed by atoms with van der Waals surface area (Å²) in [5.41, 5.74) is 5.35. The van der Waals surface area contributed by atoms with E-state index in [1.165, 1.54) is 50.2 Å². The predicted molar refractivity (Wildman–Crippen MR) is 215 cm³/mol. The van der Waals surface area contributed by atoms with Gasteiger partial charge in [-0.05, 0) is 97.3 Å². The van der Waals surface area contributed by atoms with Crippen molar-refractivity contribution in [3.05, 3.63) is 128 Å². The van der Waals surface area contributed by atoms with Crippen molar-refractivity contribution >= 4 is 92.6 Å². The second-order valence-electron chi connectivity index (χ2n) is 12.9. The number of urea groups is 1. The largest absolute Gasteiger partial charge is 0.345 e. The maximum atomic E-state index is 13.4. The van der Waals surface area contributed by atoms with Crippen molar-refractivity contribution in [1.82, 2.24) is 5.43 Å². The quantitative estimate of drug-likeness (QED) is 0.107. The minimum Gasteiger partial charge on any atom is -0.306 e. The molecule has 3 aromatic carbocycles. The number of ketones is 2. The summed E-state index contributed by atoms with van der Waals surface area (Å²) in [5, 5.41) is 6.12. The Morgan fingerprint density at radius 1 is 0.683 bits per heavy atom. The Morgan fingerprint density at radius 2 is 1.40 bits per heavy atom. The van der Waals surface area contributed by atoms with Crippen LogP contribution >= 0.6 is 0 Å². The van der Waals surface area contributed by atoms with Crippen LogP contribution in [0.15, 0.2) is 125 Å². The van der Waals surface area contributed by atoms with Gasteiger partial charge in [0, 0.05) is 28.5 Å². The number of carbonyl (C=O) groups is 3. The van der Waals surface area contributed by atoms with E-state index >= 15 is 0 Å². The first-order valence-corrected chi connectivity index (χ1v) is 22.2. The number of hydrogen-bond acceptors (Lipinski definition) is 15. The number of benzene rings is 3. The van der Waals surface area contributed by atoms with E-state index in [0.29, 0.717) is 11.1 Å². The second-order valence-corrected chi connectivity index (χ2v) is 18.5. The molecule has 0 spiro atoms. The van der Waals surface area contributed by atoms with E-state index in [1.54, 1.807) is 0 Å². The zero-order valence-electron chi connectivity index (χ0n) is 30.4. The SMILES string of the molecule is Cc1cc(NNC2=CC(=O)C3=CC(=NC(=O)Nc4ccc5c(c4)C=C(S(=O)(=O)O)/C(=N\Nc4ccc(C)cc4S(=O)(=O)O)C5=O)C=CC3=C2S(=O)(=O)O)cc(S(=O)(=O)O)c1. The van der Waals surface area contributed by atoms with Crippen molar-refractivity contribution in [2.75, 3.05) is 16.2 Å². The molecule has 3 aliphatic rings. The fraction of sp³-hybridized carbons (Fsp3) is 0.0571. The molecule has 2 amide bonds. The van der Waals surface area contributed by atoms with Gasteiger partial charge in [-0.2, -0.15) is 43.8 Å². The van der Waals surface area contributed by atoms with Gasteiger partial charge in [0.2, 0.25) is 5.78 Å². The summed E-state index contributed by atoms with van der Waals surface area (Å²) in [4.78, 5) is 40.6. The summed E-state index contributed by atoms with van der Waals surface area (Å²) in [6.07, 6.45) is 4.95. The van der Waals surface area contributed by atoms with Crippen LogP contribution in [-0.2, 0) is 45.3 Å². The molecule has 312 valence electrons. The summed E-state index contributed by atoms with van der Waals surface area (Å²) < 4.78 is 136. The van der Waals surface area contributed by atoms with Crippen molar-refractivity contribution in [2.45, 2.75) is 23.6 Å². The monoisotopic (exact) mass is 900 g/mol. The molecule has 3 aliphatic carbocycles. The molecule has 0 heterocycles. The van der Waals surface area contributed by atoms with Gasteiger partial charge in [-0.25, -0.2) is 4.79 Å². The van der Waals surface area contributed by atoms with Gasteiger partial charge in [-0.3, -0.25) is 38.7 Å². The van der Waals surface area contributed by atoms with Crippen LogP contribution in [0.3, 0.4) is 0 Å². The number of nitrogens with one attached hydrogen (secondary N) is 4. The fourth-order valence-electron chi connectivity index (χ4n) is 5.94. The number of nitrogens with zero attached hydrogens (tertiary/aromatic N) is 2. The number of allylic oxidation sites excluding steroid dienone is 7. The average Bonchev–Trinajstić information content (AvgIpc) is 3.12. The highest BCUT2D eigenvalue weighted by molar-refractivity contribution is 7.91. The van der Waals surface area contributed by atoms with Gasteiger partial charge >= 0.3 is 6.03 Å². The van der Waals surface area contributed by atoms with Crippen LogP contribution in [0.5, 0.6) is 0 Å². The normalized spacial score (nSPS) is 17.1. The number of fused-ring (bicyclic) bond motifs is 2. The molecule has 0 unspecified atom stereocenters. The summed E-state index contributed by atoms with van der Waals surface area (Å²) in [6, 6.07) is 9.84. The number of amides is 2. The first-order chi connectivity index (χ1) is 27.8. The van der Waals surface area contributed by atoms with Crippen LogP contribution in [0.1, 0.15) is 27.0 Å². The number of carbonyl (C=O) groups excluding carboxylic acids is 3. The molecular formula is C35H28N6O15S4. The molecule has 0 radical (unpaired) electrons. The molecule has 6 rings (SSSR count). The Morgan fingerprint density at radius 3 is 2.05 bits per heavy atom. The smallest absolute Gasteiger partial charge is 0.306 e. The van der Waals surface area contributed by atoms with Gasteiger partial charge in [0.1, 0.15) is 14.7 Å². The summed E-state index contributed by atoms with van der Waals surface area (Å²) in [6.45, 7) is 3.05. The number of hydrazine groups is 1. The highest BCUT2D eigenvalue weighted by atomic mass is 32.2. The molecule has 0 saturated heterocycles. The van der Waals surface area contributed by atoms with Gasteiger partial charge < -0.3 is 10.7 Å². The Bertz CT molecular complexity index is 3160. The minimum absolute atomic E-state index is 0.0287. The number of rotatable bonds is 10. The third kappa shape index (κ3) is 9.37. The van der Waals surface area contributed by atoms with Gasteiger partial charge in [0.25, 0.3) is 40.5 Å². The lowest BCUT2D eigenvalue weighted by atomic mass is 9.90. The van der Waals surface area contributed by atoms with E-state index in [2.05, 4.69) is 31.7 Å². The summed E-state index contributed by atoms with van der Waals surface area (Å²) in [7, 11) is -19.6. The second kappa shape index (κ2) is 15.6. The Balaban J connectivity index is 1.24. The zero-order valence-corrected chi connectivity index (χ0v) is 33.7. The van der Waals surface area contributed by atoms with E-state index in [1.807, 2.05) is 0 Å². The van der Waals surface area contributed by atoms with Crippen molar-refractivity contribution in [1.29, 1.82) is 0 Å². The molecule has 0 fully saturated rings. The average molecular weight is 901 g/mol. The Hall–Kier alpha value is -6.45. The first kappa shape index (κ1) is 43.1. The Labute approximate surface area is 340 Å². The van der Waals surface area contributed by atoms with E-state index < -0.39 is 89.1 Å². The lowest BCUT2D eigenvalue weighted by Crippen LogP contribution is -2.30. The summed E-state index contributed by atoms with van der Waals surface area (Å²) in [5.74, 6) is -1.85. The van der Waals surface area contributed by atoms with Crippen LogP contribution in [0, 0.1) is 13.8 Å². The number of anilines is 3. The first-order valence-electron chi connectivity index (χ1n) is 16.5. The molecule has 21 nitrogen and oxygen atoms in total. The predicted octanol–water partition coefficient (Wildman–Crippen LogP) is 3.38. The number of hydrazone groups is 1. The molecule has 8 N–H and O–H groups in total. The van der Waals surface area contributed by atoms with Crippen molar-refractivity contribution in [3.8, 4) is 0 Å². The molecule has 60 heavy (non-hydrogen) atoms. The standard InChI is InChI=1S/C35H28N6O15S4/c1-17-3-8-27(30(11-17)58(48,49)50)39-41-32-31(59(51,52)53)13-19-12-20(4-6-24(19)33(32)43)36-35(44)37-21-5-7-25-26(15-21)29(42)16-28(34(25)60(54,55)56)40-38-22-9-18(2)10-23(14-22)57(45,46)47/h3-16,38-40H,1-2H3,(H,36,44)(H,45,46,47)(H,48,49,50)(H,51,52,53)(H,54,55,56)/b37-21?,41-32+. The van der Waals surface area contributed by atoms with Crippen LogP contribution < -0.4 is 21.6 Å². The van der Waals surface area contributed by atoms with Crippen LogP contribution in [-0.4, -0.2) is 80.9 Å². The molecule has 0 bridgehead atoms. The zero-order chi connectivity index (χ0) is 44.1. The number of aliphatic imine (C=N–C) groups is 1. The molecule has 0 saturated carbocycles. The number of Topliss-reactive ketones (excluding diaryl/α,β-unsaturated/α-hetero) is 1. The number of hydrogen-bond donors (Lipinski definition) is 8. The van der Waals surface area contributed by atoms with E-state index in [-0.39, 0.29) is 45.0 Å².